The monoisotopic (exact) mass is 329 g/mol. The summed E-state index contributed by atoms with van der Waals surface area (Å²) in [5.41, 5.74) is 4.22. The van der Waals surface area contributed by atoms with E-state index < -0.39 is 0 Å². The first-order valence-electron chi connectivity index (χ1n) is 8.93. The zero-order chi connectivity index (χ0) is 17.5. The molecule has 1 heterocycles. The lowest BCUT2D eigenvalue weighted by atomic mass is 9.68. The standard InChI is InChI=1S/C19H28BNO3/c1-7-22-21-16-12-11-14-9-8-10-15(17(14)13(16)2)20-23-18(3,4)19(5,6)24-20/h8-10,13H,7,11-12H2,1-6H3. The van der Waals surface area contributed by atoms with Crippen LogP contribution < -0.4 is 5.46 Å². The average Bonchev–Trinajstić information content (AvgIpc) is 2.74. The minimum Gasteiger partial charge on any atom is -0.399 e. The lowest BCUT2D eigenvalue weighted by molar-refractivity contribution is 0.00578. The second-order valence-electron chi connectivity index (χ2n) is 7.73. The normalized spacial score (nSPS) is 26.5. The van der Waals surface area contributed by atoms with Crippen LogP contribution in [-0.2, 0) is 20.6 Å². The van der Waals surface area contributed by atoms with Crippen molar-refractivity contribution in [2.75, 3.05) is 6.61 Å². The summed E-state index contributed by atoms with van der Waals surface area (Å²) in [7, 11) is -0.334. The van der Waals surface area contributed by atoms with Gasteiger partial charge in [0.15, 0.2) is 0 Å². The van der Waals surface area contributed by atoms with Crippen molar-refractivity contribution in [1.82, 2.24) is 0 Å². The first kappa shape index (κ1) is 17.5. The summed E-state index contributed by atoms with van der Waals surface area (Å²) in [5, 5.41) is 4.34. The molecule has 130 valence electrons. The summed E-state index contributed by atoms with van der Waals surface area (Å²) in [6, 6.07) is 6.44. The highest BCUT2D eigenvalue weighted by Crippen LogP contribution is 2.38. The van der Waals surface area contributed by atoms with Gasteiger partial charge in [-0.3, -0.25) is 0 Å². The minimum absolute atomic E-state index is 0.218. The molecule has 24 heavy (non-hydrogen) atoms. The minimum atomic E-state index is -0.334. The third-order valence-corrected chi connectivity index (χ3v) is 5.63. The number of nitrogens with zero attached hydrogens (tertiary/aromatic N) is 1. The Kier molecular flexibility index (Phi) is 4.52. The summed E-state index contributed by atoms with van der Waals surface area (Å²) in [4.78, 5) is 5.32. The van der Waals surface area contributed by atoms with Gasteiger partial charge < -0.3 is 14.1 Å². The molecule has 1 aromatic rings. The molecule has 1 fully saturated rings. The number of oxime groups is 1. The smallest absolute Gasteiger partial charge is 0.399 e. The maximum Gasteiger partial charge on any atom is 0.495 e. The number of rotatable bonds is 3. The van der Waals surface area contributed by atoms with Crippen molar-refractivity contribution in [2.24, 2.45) is 5.16 Å². The largest absolute Gasteiger partial charge is 0.495 e. The Balaban J connectivity index is 1.98. The molecule has 0 N–H and O–H groups in total. The van der Waals surface area contributed by atoms with E-state index in [4.69, 9.17) is 14.1 Å². The van der Waals surface area contributed by atoms with Gasteiger partial charge >= 0.3 is 7.12 Å². The summed E-state index contributed by atoms with van der Waals surface area (Å²) in [6.45, 7) is 13.1. The Bertz CT molecular complexity index is 638. The number of hydrogen-bond acceptors (Lipinski definition) is 4. The van der Waals surface area contributed by atoms with Crippen LogP contribution in [0.25, 0.3) is 0 Å². The van der Waals surface area contributed by atoms with Gasteiger partial charge in [-0.05, 0) is 64.1 Å². The van der Waals surface area contributed by atoms with Crippen LogP contribution in [0.15, 0.2) is 23.4 Å². The predicted octanol–water partition coefficient (Wildman–Crippen LogP) is 3.43. The van der Waals surface area contributed by atoms with Crippen molar-refractivity contribution < 1.29 is 14.1 Å². The fraction of sp³-hybridized carbons (Fsp3) is 0.632. The zero-order valence-electron chi connectivity index (χ0n) is 15.7. The van der Waals surface area contributed by atoms with Crippen LogP contribution in [0, 0.1) is 0 Å². The third-order valence-electron chi connectivity index (χ3n) is 5.63. The van der Waals surface area contributed by atoms with Gasteiger partial charge in [0.2, 0.25) is 0 Å². The van der Waals surface area contributed by atoms with Crippen molar-refractivity contribution in [2.45, 2.75) is 71.5 Å². The van der Waals surface area contributed by atoms with Crippen LogP contribution in [0.3, 0.4) is 0 Å². The van der Waals surface area contributed by atoms with Gasteiger partial charge in [0.1, 0.15) is 6.61 Å². The van der Waals surface area contributed by atoms with E-state index >= 15 is 0 Å². The van der Waals surface area contributed by atoms with Crippen LogP contribution in [0.1, 0.15) is 65.0 Å². The van der Waals surface area contributed by atoms with Gasteiger partial charge in [-0.25, -0.2) is 0 Å². The highest BCUT2D eigenvalue weighted by Gasteiger charge is 2.52. The van der Waals surface area contributed by atoms with Crippen molar-refractivity contribution in [3.05, 3.63) is 29.3 Å². The van der Waals surface area contributed by atoms with Crippen LogP contribution in [0.2, 0.25) is 0 Å². The van der Waals surface area contributed by atoms with Gasteiger partial charge in [0.05, 0.1) is 16.9 Å². The second kappa shape index (κ2) is 6.19. The van der Waals surface area contributed by atoms with E-state index in [0.717, 1.165) is 24.0 Å². The summed E-state index contributed by atoms with van der Waals surface area (Å²) < 4.78 is 12.6. The summed E-state index contributed by atoms with van der Waals surface area (Å²) in [5.74, 6) is 0.218. The van der Waals surface area contributed by atoms with Crippen molar-refractivity contribution in [3.63, 3.8) is 0 Å². The molecule has 0 radical (unpaired) electrons. The first-order valence-corrected chi connectivity index (χ1v) is 8.93. The van der Waals surface area contributed by atoms with Gasteiger partial charge in [0.25, 0.3) is 0 Å². The quantitative estimate of drug-likeness (QED) is 0.630. The highest BCUT2D eigenvalue weighted by molar-refractivity contribution is 6.62. The Labute approximate surface area is 145 Å². The van der Waals surface area contributed by atoms with Gasteiger partial charge in [-0.15, -0.1) is 0 Å². The van der Waals surface area contributed by atoms with E-state index in [-0.39, 0.29) is 24.2 Å². The van der Waals surface area contributed by atoms with E-state index in [1.807, 2.05) is 6.92 Å². The van der Waals surface area contributed by atoms with Crippen molar-refractivity contribution in [3.8, 4) is 0 Å². The summed E-state index contributed by atoms with van der Waals surface area (Å²) in [6.07, 6.45) is 1.93. The molecular formula is C19H28BNO3. The first-order chi connectivity index (χ1) is 11.3. The van der Waals surface area contributed by atoms with E-state index in [2.05, 4.69) is 58.0 Å². The SMILES string of the molecule is CCON=C1CCc2cccc(B3OC(C)(C)C(C)(C)O3)c2C1C. The lowest BCUT2D eigenvalue weighted by Crippen LogP contribution is -2.41. The maximum absolute atomic E-state index is 6.29. The zero-order valence-corrected chi connectivity index (χ0v) is 15.7. The molecule has 1 aromatic carbocycles. The number of fused-ring (bicyclic) bond motifs is 1. The van der Waals surface area contributed by atoms with Crippen LogP contribution >= 0.6 is 0 Å². The average molecular weight is 329 g/mol. The van der Waals surface area contributed by atoms with E-state index in [1.54, 1.807) is 0 Å². The highest BCUT2D eigenvalue weighted by atomic mass is 16.7. The number of hydrogen-bond donors (Lipinski definition) is 0. The number of benzene rings is 1. The molecule has 3 rings (SSSR count). The Morgan fingerprint density at radius 3 is 2.46 bits per heavy atom. The Morgan fingerprint density at radius 2 is 1.83 bits per heavy atom. The molecule has 1 aliphatic carbocycles. The molecule has 2 aliphatic rings. The lowest BCUT2D eigenvalue weighted by Gasteiger charge is -2.32. The second-order valence-corrected chi connectivity index (χ2v) is 7.73. The van der Waals surface area contributed by atoms with Gasteiger partial charge in [0, 0.05) is 5.92 Å². The van der Waals surface area contributed by atoms with Crippen LogP contribution in [-0.4, -0.2) is 30.6 Å². The molecule has 1 atom stereocenters. The Morgan fingerprint density at radius 1 is 1.17 bits per heavy atom. The molecule has 0 spiro atoms. The molecular weight excluding hydrogens is 301 g/mol. The van der Waals surface area contributed by atoms with Crippen LogP contribution in [0.4, 0.5) is 0 Å². The predicted molar refractivity (Wildman–Crippen MR) is 98.0 cm³/mol. The molecule has 1 saturated heterocycles. The summed E-state index contributed by atoms with van der Waals surface area (Å²) >= 11 is 0. The maximum atomic E-state index is 6.29. The molecule has 4 nitrogen and oxygen atoms in total. The van der Waals surface area contributed by atoms with Crippen molar-refractivity contribution in [1.29, 1.82) is 0 Å². The van der Waals surface area contributed by atoms with Gasteiger partial charge in [-0.1, -0.05) is 30.3 Å². The molecule has 0 bridgehead atoms. The number of aryl methyl sites for hydroxylation is 1. The third kappa shape index (κ3) is 2.88. The van der Waals surface area contributed by atoms with Crippen molar-refractivity contribution >= 4 is 18.3 Å². The molecule has 0 saturated carbocycles. The van der Waals surface area contributed by atoms with E-state index in [9.17, 15) is 0 Å². The molecule has 0 amide bonds. The molecule has 5 heteroatoms. The Hall–Kier alpha value is -1.33. The fourth-order valence-electron chi connectivity index (χ4n) is 3.47. The van der Waals surface area contributed by atoms with E-state index in [0.29, 0.717) is 6.61 Å². The van der Waals surface area contributed by atoms with E-state index in [1.165, 1.54) is 11.1 Å². The van der Waals surface area contributed by atoms with Gasteiger partial charge in [-0.2, -0.15) is 0 Å². The van der Waals surface area contributed by atoms with Crippen LogP contribution in [0.5, 0.6) is 0 Å². The molecule has 0 aromatic heterocycles. The molecule has 1 unspecified atom stereocenters. The fourth-order valence-corrected chi connectivity index (χ4v) is 3.47. The topological polar surface area (TPSA) is 40.0 Å². The molecule has 1 aliphatic heterocycles.